The molecule has 0 aliphatic carbocycles. The van der Waals surface area contributed by atoms with Crippen molar-refractivity contribution in [2.24, 2.45) is 12.0 Å². The summed E-state index contributed by atoms with van der Waals surface area (Å²) >= 11 is 0. The molecule has 1 aromatic heterocycles. The van der Waals surface area contributed by atoms with E-state index in [4.69, 9.17) is 0 Å². The van der Waals surface area contributed by atoms with E-state index in [1.165, 1.54) is 11.3 Å². The van der Waals surface area contributed by atoms with Crippen molar-refractivity contribution in [1.29, 1.82) is 0 Å². The first-order chi connectivity index (χ1) is 11.9. The van der Waals surface area contributed by atoms with Gasteiger partial charge in [0.25, 0.3) is 0 Å². The molecular weight excluding hydrogens is 441 g/mol. The summed E-state index contributed by atoms with van der Waals surface area (Å²) in [5.41, 5.74) is 4.63. The van der Waals surface area contributed by atoms with Crippen LogP contribution in [0.25, 0.3) is 0 Å². The highest BCUT2D eigenvalue weighted by atomic mass is 127. The number of aromatic hydroxyl groups is 1. The van der Waals surface area contributed by atoms with E-state index >= 15 is 0 Å². The minimum Gasteiger partial charge on any atom is -0.508 e. The minimum absolute atomic E-state index is 0. The molecule has 0 bridgehead atoms. The maximum absolute atomic E-state index is 9.36. The highest BCUT2D eigenvalue weighted by Crippen LogP contribution is 2.14. The number of guanidine groups is 1. The van der Waals surface area contributed by atoms with Gasteiger partial charge in [-0.25, -0.2) is 4.99 Å². The molecule has 1 heterocycles. The lowest BCUT2D eigenvalue weighted by Crippen LogP contribution is -2.43. The number of nitrogens with zero attached hydrogens (tertiary/aromatic N) is 3. The van der Waals surface area contributed by atoms with Crippen LogP contribution in [0.4, 0.5) is 0 Å². The molecule has 7 heteroatoms. The third-order valence-corrected chi connectivity index (χ3v) is 4.25. The van der Waals surface area contributed by atoms with Crippen LogP contribution in [-0.2, 0) is 20.0 Å². The Morgan fingerprint density at radius 2 is 1.92 bits per heavy atom. The van der Waals surface area contributed by atoms with E-state index in [2.05, 4.69) is 48.4 Å². The summed E-state index contributed by atoms with van der Waals surface area (Å²) in [7, 11) is 1.98. The highest BCUT2D eigenvalue weighted by molar-refractivity contribution is 14.0. The summed E-state index contributed by atoms with van der Waals surface area (Å²) in [6, 6.07) is 7.37. The second-order valence-corrected chi connectivity index (χ2v) is 6.38. The molecule has 2 rings (SSSR count). The maximum atomic E-state index is 9.36. The Labute approximate surface area is 173 Å². The molecule has 0 aliphatic rings. The number of phenolic OH excluding ortho intramolecular Hbond substituents is 1. The van der Waals surface area contributed by atoms with Crippen molar-refractivity contribution < 1.29 is 5.11 Å². The van der Waals surface area contributed by atoms with Crippen molar-refractivity contribution in [2.45, 2.75) is 46.7 Å². The number of rotatable bonds is 6. The number of benzene rings is 1. The van der Waals surface area contributed by atoms with Crippen LogP contribution in [0.1, 0.15) is 36.4 Å². The third-order valence-electron chi connectivity index (χ3n) is 4.25. The molecule has 1 aromatic carbocycles. The second-order valence-electron chi connectivity index (χ2n) is 6.38. The molecule has 0 saturated heterocycles. The van der Waals surface area contributed by atoms with Crippen LogP contribution in [0, 0.1) is 13.8 Å². The largest absolute Gasteiger partial charge is 0.508 e. The molecule has 0 radical (unpaired) electrons. The number of aromatic nitrogens is 2. The summed E-state index contributed by atoms with van der Waals surface area (Å²) in [4.78, 5) is 4.64. The Bertz CT molecular complexity index is 724. The van der Waals surface area contributed by atoms with Crippen molar-refractivity contribution in [3.63, 3.8) is 0 Å². The third kappa shape index (κ3) is 6.19. The van der Waals surface area contributed by atoms with Gasteiger partial charge in [-0.3, -0.25) is 4.68 Å². The number of phenols is 1. The van der Waals surface area contributed by atoms with Gasteiger partial charge >= 0.3 is 0 Å². The standard InChI is InChI=1S/C19H29N5O.HI/c1-6-20-19(21-12-16-7-9-17(25)10-8-16)22-13(2)11-18-14(3)23-24(5)15(18)4;/h7-10,13,25H,6,11-12H2,1-5H3,(H2,20,21,22);1H. The lowest BCUT2D eigenvalue weighted by atomic mass is 10.1. The maximum Gasteiger partial charge on any atom is 0.191 e. The van der Waals surface area contributed by atoms with Crippen LogP contribution in [-0.4, -0.2) is 33.4 Å². The lowest BCUT2D eigenvalue weighted by molar-refractivity contribution is 0.475. The van der Waals surface area contributed by atoms with Gasteiger partial charge in [0.05, 0.1) is 12.2 Å². The number of aryl methyl sites for hydroxylation is 2. The first-order valence-corrected chi connectivity index (χ1v) is 8.72. The Morgan fingerprint density at radius 3 is 2.46 bits per heavy atom. The van der Waals surface area contributed by atoms with Gasteiger partial charge in [0.1, 0.15) is 5.75 Å². The molecule has 0 saturated carbocycles. The lowest BCUT2D eigenvalue weighted by Gasteiger charge is -2.18. The zero-order chi connectivity index (χ0) is 18.4. The molecule has 6 nitrogen and oxygen atoms in total. The monoisotopic (exact) mass is 471 g/mol. The highest BCUT2D eigenvalue weighted by Gasteiger charge is 2.14. The molecule has 26 heavy (non-hydrogen) atoms. The van der Waals surface area contributed by atoms with Crippen molar-refractivity contribution in [3.05, 3.63) is 46.8 Å². The minimum atomic E-state index is 0. The molecule has 144 valence electrons. The fourth-order valence-electron chi connectivity index (χ4n) is 2.80. The molecular formula is C19H30IN5O. The van der Waals surface area contributed by atoms with Crippen LogP contribution in [0.3, 0.4) is 0 Å². The fraction of sp³-hybridized carbons (Fsp3) is 0.474. The number of nitrogens with one attached hydrogen (secondary N) is 2. The van der Waals surface area contributed by atoms with Gasteiger partial charge in [0.2, 0.25) is 0 Å². The zero-order valence-electron chi connectivity index (χ0n) is 16.2. The summed E-state index contributed by atoms with van der Waals surface area (Å²) < 4.78 is 1.93. The number of halogens is 1. The van der Waals surface area contributed by atoms with Crippen LogP contribution >= 0.6 is 24.0 Å². The number of hydrogen-bond acceptors (Lipinski definition) is 3. The Kier molecular flexibility index (Phi) is 8.91. The van der Waals surface area contributed by atoms with E-state index in [9.17, 15) is 5.11 Å². The van der Waals surface area contributed by atoms with Crippen LogP contribution in [0.5, 0.6) is 5.75 Å². The zero-order valence-corrected chi connectivity index (χ0v) is 18.5. The van der Waals surface area contributed by atoms with Gasteiger partial charge < -0.3 is 15.7 Å². The Morgan fingerprint density at radius 1 is 1.27 bits per heavy atom. The fourth-order valence-corrected chi connectivity index (χ4v) is 2.80. The summed E-state index contributed by atoms with van der Waals surface area (Å²) in [5.74, 6) is 1.07. The molecule has 2 aromatic rings. The normalized spacial score (nSPS) is 12.4. The van der Waals surface area contributed by atoms with Gasteiger partial charge in [-0.2, -0.15) is 5.10 Å². The van der Waals surface area contributed by atoms with Gasteiger partial charge in [-0.05, 0) is 57.4 Å². The molecule has 1 atom stereocenters. The van der Waals surface area contributed by atoms with Gasteiger partial charge in [-0.1, -0.05) is 12.1 Å². The summed E-state index contributed by atoms with van der Waals surface area (Å²) in [5, 5.41) is 20.6. The summed E-state index contributed by atoms with van der Waals surface area (Å²) in [6.07, 6.45) is 0.898. The predicted molar refractivity (Wildman–Crippen MR) is 117 cm³/mol. The molecule has 3 N–H and O–H groups in total. The van der Waals surface area contributed by atoms with E-state index in [0.29, 0.717) is 6.54 Å². The average molecular weight is 471 g/mol. The Hall–Kier alpha value is -1.77. The van der Waals surface area contributed by atoms with E-state index in [0.717, 1.165) is 30.2 Å². The van der Waals surface area contributed by atoms with Crippen LogP contribution < -0.4 is 10.6 Å². The van der Waals surface area contributed by atoms with E-state index in [-0.39, 0.29) is 35.8 Å². The topological polar surface area (TPSA) is 74.5 Å². The van der Waals surface area contributed by atoms with Crippen molar-refractivity contribution in [2.75, 3.05) is 6.54 Å². The average Bonchev–Trinajstić information content (AvgIpc) is 2.80. The van der Waals surface area contributed by atoms with Gasteiger partial charge in [0.15, 0.2) is 5.96 Å². The second kappa shape index (κ2) is 10.4. The quantitative estimate of drug-likeness (QED) is 0.344. The van der Waals surface area contributed by atoms with Crippen molar-refractivity contribution in [3.8, 4) is 5.75 Å². The van der Waals surface area contributed by atoms with E-state index in [1.54, 1.807) is 12.1 Å². The van der Waals surface area contributed by atoms with Crippen LogP contribution in [0.2, 0.25) is 0 Å². The van der Waals surface area contributed by atoms with E-state index in [1.807, 2.05) is 23.9 Å². The smallest absolute Gasteiger partial charge is 0.191 e. The first kappa shape index (κ1) is 22.3. The number of aliphatic imine (C=N–C) groups is 1. The van der Waals surface area contributed by atoms with Crippen molar-refractivity contribution >= 4 is 29.9 Å². The van der Waals surface area contributed by atoms with Crippen LogP contribution in [0.15, 0.2) is 29.3 Å². The van der Waals surface area contributed by atoms with Gasteiger partial charge in [-0.15, -0.1) is 24.0 Å². The SMILES string of the molecule is CCNC(=NCc1ccc(O)cc1)NC(C)Cc1c(C)nn(C)c1C.I. The molecule has 0 spiro atoms. The van der Waals surface area contributed by atoms with E-state index < -0.39 is 0 Å². The van der Waals surface area contributed by atoms with Crippen molar-refractivity contribution in [1.82, 2.24) is 20.4 Å². The summed E-state index contributed by atoms with van der Waals surface area (Å²) in [6.45, 7) is 9.73. The molecule has 0 amide bonds. The number of hydrogen-bond donors (Lipinski definition) is 3. The molecule has 0 fully saturated rings. The molecule has 0 aliphatic heterocycles. The predicted octanol–water partition coefficient (Wildman–Crippen LogP) is 3.05. The Balaban J connectivity index is 0.00000338. The van der Waals surface area contributed by atoms with Gasteiger partial charge in [0, 0.05) is 25.3 Å². The first-order valence-electron chi connectivity index (χ1n) is 8.72. The molecule has 1 unspecified atom stereocenters.